The number of hydrogen-bond acceptors (Lipinski definition) is 4. The van der Waals surface area contributed by atoms with E-state index in [0.717, 1.165) is 16.3 Å². The summed E-state index contributed by atoms with van der Waals surface area (Å²) >= 11 is 1.55. The molecule has 0 aliphatic carbocycles. The van der Waals surface area contributed by atoms with Crippen molar-refractivity contribution in [2.24, 2.45) is 0 Å². The molecule has 0 fully saturated rings. The molecule has 0 aliphatic rings. The van der Waals surface area contributed by atoms with Gasteiger partial charge in [-0.3, -0.25) is 4.79 Å². The van der Waals surface area contributed by atoms with E-state index in [-0.39, 0.29) is 11.9 Å². The van der Waals surface area contributed by atoms with Crippen LogP contribution < -0.4 is 11.1 Å². The number of nitrogen functional groups attached to an aromatic ring is 1. The Morgan fingerprint density at radius 1 is 1.42 bits per heavy atom. The molecule has 1 atom stereocenters. The number of nitrogens with one attached hydrogen (secondary N) is 1. The molecule has 3 N–H and O–H groups in total. The third-order valence-electron chi connectivity index (χ3n) is 2.92. The Balaban J connectivity index is 2.15. The predicted octanol–water partition coefficient (Wildman–Crippen LogP) is 2.83. The molecule has 1 aromatic carbocycles. The summed E-state index contributed by atoms with van der Waals surface area (Å²) in [4.78, 5) is 16.6. The molecule has 0 bridgehead atoms. The fraction of sp³-hybridized carbons (Fsp3) is 0.286. The van der Waals surface area contributed by atoms with Crippen LogP contribution in [0.25, 0.3) is 0 Å². The SMILES string of the molecule is Cc1csc(C(C)NC(=O)c2cccc(C)c2N)n1. The Bertz CT molecular complexity index is 606. The van der Waals surface area contributed by atoms with Crippen LogP contribution in [-0.4, -0.2) is 10.9 Å². The highest BCUT2D eigenvalue weighted by Crippen LogP contribution is 2.20. The minimum Gasteiger partial charge on any atom is -0.398 e. The topological polar surface area (TPSA) is 68.0 Å². The molecule has 1 unspecified atom stereocenters. The number of carbonyl (C=O) groups excluding carboxylic acids is 1. The highest BCUT2D eigenvalue weighted by atomic mass is 32.1. The van der Waals surface area contributed by atoms with Crippen molar-refractivity contribution < 1.29 is 4.79 Å². The van der Waals surface area contributed by atoms with Crippen LogP contribution in [0, 0.1) is 13.8 Å². The first kappa shape index (κ1) is 13.5. The number of nitrogens with two attached hydrogens (primary N) is 1. The molecule has 0 saturated carbocycles. The summed E-state index contributed by atoms with van der Waals surface area (Å²) in [7, 11) is 0. The minimum atomic E-state index is -0.165. The summed E-state index contributed by atoms with van der Waals surface area (Å²) in [5, 5.41) is 5.79. The first-order chi connectivity index (χ1) is 8.99. The van der Waals surface area contributed by atoms with Gasteiger partial charge in [-0.05, 0) is 32.4 Å². The van der Waals surface area contributed by atoms with E-state index in [0.29, 0.717) is 11.3 Å². The molecular weight excluding hydrogens is 258 g/mol. The number of aryl methyl sites for hydroxylation is 2. The lowest BCUT2D eigenvalue weighted by molar-refractivity contribution is 0.0940. The van der Waals surface area contributed by atoms with Gasteiger partial charge in [0.25, 0.3) is 5.91 Å². The van der Waals surface area contributed by atoms with Gasteiger partial charge in [0.1, 0.15) is 5.01 Å². The smallest absolute Gasteiger partial charge is 0.253 e. The third kappa shape index (κ3) is 2.93. The fourth-order valence-electron chi connectivity index (χ4n) is 1.79. The number of thiazole rings is 1. The van der Waals surface area contributed by atoms with Crippen LogP contribution in [0.5, 0.6) is 0 Å². The maximum Gasteiger partial charge on any atom is 0.253 e. The van der Waals surface area contributed by atoms with E-state index in [1.165, 1.54) is 0 Å². The quantitative estimate of drug-likeness (QED) is 0.846. The number of anilines is 1. The molecule has 0 aliphatic heterocycles. The van der Waals surface area contributed by atoms with Crippen molar-refractivity contribution in [1.29, 1.82) is 0 Å². The molecule has 0 spiro atoms. The first-order valence-electron chi connectivity index (χ1n) is 6.07. The van der Waals surface area contributed by atoms with Gasteiger partial charge in [-0.1, -0.05) is 12.1 Å². The first-order valence-corrected chi connectivity index (χ1v) is 6.95. The van der Waals surface area contributed by atoms with Crippen molar-refractivity contribution in [3.8, 4) is 0 Å². The maximum absolute atomic E-state index is 12.2. The van der Waals surface area contributed by atoms with Gasteiger partial charge in [0.05, 0.1) is 11.6 Å². The number of hydrogen-bond donors (Lipinski definition) is 2. The molecule has 2 aromatic rings. The molecule has 1 aromatic heterocycles. The van der Waals surface area contributed by atoms with Crippen molar-refractivity contribution in [2.75, 3.05) is 5.73 Å². The van der Waals surface area contributed by atoms with Gasteiger partial charge in [0.2, 0.25) is 0 Å². The van der Waals surface area contributed by atoms with Crippen LogP contribution in [0.1, 0.15) is 39.6 Å². The largest absolute Gasteiger partial charge is 0.398 e. The molecule has 100 valence electrons. The molecule has 19 heavy (non-hydrogen) atoms. The summed E-state index contributed by atoms with van der Waals surface area (Å²) in [5.41, 5.74) is 8.85. The van der Waals surface area contributed by atoms with Gasteiger partial charge >= 0.3 is 0 Å². The summed E-state index contributed by atoms with van der Waals surface area (Å²) in [6.07, 6.45) is 0. The number of para-hydroxylation sites is 1. The highest BCUT2D eigenvalue weighted by Gasteiger charge is 2.16. The van der Waals surface area contributed by atoms with Gasteiger partial charge in [0.15, 0.2) is 0 Å². The molecule has 1 amide bonds. The van der Waals surface area contributed by atoms with E-state index < -0.39 is 0 Å². The molecule has 1 heterocycles. The summed E-state index contributed by atoms with van der Waals surface area (Å²) in [6, 6.07) is 5.34. The van der Waals surface area contributed by atoms with Crippen molar-refractivity contribution in [2.45, 2.75) is 26.8 Å². The fourth-order valence-corrected chi connectivity index (χ4v) is 2.59. The highest BCUT2D eigenvalue weighted by molar-refractivity contribution is 7.09. The van der Waals surface area contributed by atoms with Crippen molar-refractivity contribution in [3.63, 3.8) is 0 Å². The minimum absolute atomic E-state index is 0.119. The van der Waals surface area contributed by atoms with Crippen LogP contribution in [0.15, 0.2) is 23.6 Å². The molecular formula is C14H17N3OS. The predicted molar refractivity (Wildman–Crippen MR) is 78.3 cm³/mol. The van der Waals surface area contributed by atoms with E-state index in [9.17, 15) is 4.79 Å². The van der Waals surface area contributed by atoms with Gasteiger partial charge in [0, 0.05) is 16.8 Å². The zero-order valence-electron chi connectivity index (χ0n) is 11.2. The maximum atomic E-state index is 12.2. The lowest BCUT2D eigenvalue weighted by Crippen LogP contribution is -2.27. The Hall–Kier alpha value is -1.88. The lowest BCUT2D eigenvalue weighted by atomic mass is 10.1. The molecule has 0 saturated heterocycles. The van der Waals surface area contributed by atoms with Crippen molar-refractivity contribution in [1.82, 2.24) is 10.3 Å². The third-order valence-corrected chi connectivity index (χ3v) is 4.07. The van der Waals surface area contributed by atoms with Crippen LogP contribution in [0.2, 0.25) is 0 Å². The average molecular weight is 275 g/mol. The number of nitrogens with zero attached hydrogens (tertiary/aromatic N) is 1. The number of benzene rings is 1. The van der Waals surface area contributed by atoms with Gasteiger partial charge < -0.3 is 11.1 Å². The Morgan fingerprint density at radius 3 is 2.79 bits per heavy atom. The summed E-state index contributed by atoms with van der Waals surface area (Å²) in [5.74, 6) is -0.165. The average Bonchev–Trinajstić information content (AvgIpc) is 2.79. The summed E-state index contributed by atoms with van der Waals surface area (Å²) < 4.78 is 0. The van der Waals surface area contributed by atoms with Crippen molar-refractivity contribution >= 4 is 22.9 Å². The Morgan fingerprint density at radius 2 is 2.16 bits per heavy atom. The number of aromatic nitrogens is 1. The molecule has 0 radical (unpaired) electrons. The Kier molecular flexibility index (Phi) is 3.85. The van der Waals surface area contributed by atoms with Crippen molar-refractivity contribution in [3.05, 3.63) is 45.4 Å². The summed E-state index contributed by atoms with van der Waals surface area (Å²) in [6.45, 7) is 5.75. The van der Waals surface area contributed by atoms with Crippen LogP contribution in [0.3, 0.4) is 0 Å². The van der Waals surface area contributed by atoms with Gasteiger partial charge in [-0.15, -0.1) is 11.3 Å². The number of amides is 1. The van der Waals surface area contributed by atoms with E-state index in [4.69, 9.17) is 5.73 Å². The number of carbonyl (C=O) groups is 1. The monoisotopic (exact) mass is 275 g/mol. The van der Waals surface area contributed by atoms with Gasteiger partial charge in [-0.25, -0.2) is 4.98 Å². The second kappa shape index (κ2) is 5.40. The second-order valence-corrected chi connectivity index (χ2v) is 5.45. The van der Waals surface area contributed by atoms with Crippen LogP contribution >= 0.6 is 11.3 Å². The van der Waals surface area contributed by atoms with E-state index >= 15 is 0 Å². The zero-order valence-corrected chi connectivity index (χ0v) is 12.0. The Labute approximate surface area is 116 Å². The number of rotatable bonds is 3. The van der Waals surface area contributed by atoms with Gasteiger partial charge in [-0.2, -0.15) is 0 Å². The standard InChI is InChI=1S/C14H17N3OS/c1-8-5-4-6-11(12(8)15)13(18)17-10(3)14-16-9(2)7-19-14/h4-7,10H,15H2,1-3H3,(H,17,18). The second-order valence-electron chi connectivity index (χ2n) is 4.56. The van der Waals surface area contributed by atoms with E-state index in [1.807, 2.05) is 38.3 Å². The zero-order chi connectivity index (χ0) is 14.0. The normalized spacial score (nSPS) is 12.2. The lowest BCUT2D eigenvalue weighted by Gasteiger charge is -2.13. The molecule has 4 nitrogen and oxygen atoms in total. The van der Waals surface area contributed by atoms with Crippen LogP contribution in [-0.2, 0) is 0 Å². The molecule has 5 heteroatoms. The molecule has 2 rings (SSSR count). The van der Waals surface area contributed by atoms with E-state index in [2.05, 4.69) is 10.3 Å². The van der Waals surface area contributed by atoms with Crippen LogP contribution in [0.4, 0.5) is 5.69 Å². The van der Waals surface area contributed by atoms with E-state index in [1.54, 1.807) is 17.4 Å².